The number of benzene rings is 2. The summed E-state index contributed by atoms with van der Waals surface area (Å²) in [5.41, 5.74) is 0.209. The quantitative estimate of drug-likeness (QED) is 0.404. The molecule has 6 nitrogen and oxygen atoms in total. The summed E-state index contributed by atoms with van der Waals surface area (Å²) in [6, 6.07) is 11.0. The standard InChI is InChI=1S/C23H18ClFN2O4/c24-19-8-4-3-7-18(19)21(29)26(13-20(28)14-9-11-15(25)12-10-14)27-22(30)16-5-1-2-6-17(16)23(27)31/h1-4,7-12,16-17H,5-6,13H2/t16-,17-/m1/s1. The summed E-state index contributed by atoms with van der Waals surface area (Å²) in [6.45, 7) is -0.569. The van der Waals surface area contributed by atoms with E-state index in [0.717, 1.165) is 22.2 Å². The van der Waals surface area contributed by atoms with Crippen LogP contribution >= 0.6 is 11.6 Å². The zero-order valence-electron chi connectivity index (χ0n) is 16.3. The highest BCUT2D eigenvalue weighted by Crippen LogP contribution is 2.36. The Hall–Kier alpha value is -3.32. The van der Waals surface area contributed by atoms with Gasteiger partial charge in [0.2, 0.25) is 0 Å². The lowest BCUT2D eigenvalue weighted by atomic mass is 9.85. The largest absolute Gasteiger partial charge is 0.292 e. The Bertz CT molecular complexity index is 1070. The van der Waals surface area contributed by atoms with Gasteiger partial charge in [0.15, 0.2) is 5.78 Å². The number of halogens is 2. The van der Waals surface area contributed by atoms with Crippen LogP contribution in [0.2, 0.25) is 5.02 Å². The summed E-state index contributed by atoms with van der Waals surface area (Å²) in [5.74, 6) is -3.98. The normalized spacial score (nSPS) is 20.0. The summed E-state index contributed by atoms with van der Waals surface area (Å²) in [7, 11) is 0. The molecule has 1 saturated heterocycles. The van der Waals surface area contributed by atoms with Crippen molar-refractivity contribution in [2.24, 2.45) is 11.8 Å². The van der Waals surface area contributed by atoms with Crippen molar-refractivity contribution in [3.63, 3.8) is 0 Å². The van der Waals surface area contributed by atoms with Gasteiger partial charge in [0, 0.05) is 5.56 Å². The predicted molar refractivity (Wildman–Crippen MR) is 110 cm³/mol. The van der Waals surface area contributed by atoms with Gasteiger partial charge in [-0.1, -0.05) is 35.9 Å². The molecule has 2 aromatic rings. The van der Waals surface area contributed by atoms with Gasteiger partial charge in [-0.15, -0.1) is 0 Å². The second-order valence-corrected chi connectivity index (χ2v) is 7.82. The summed E-state index contributed by atoms with van der Waals surface area (Å²) in [4.78, 5) is 52.3. The topological polar surface area (TPSA) is 74.8 Å². The third-order valence-corrected chi connectivity index (χ3v) is 5.85. The van der Waals surface area contributed by atoms with Gasteiger partial charge in [0.25, 0.3) is 17.7 Å². The summed E-state index contributed by atoms with van der Waals surface area (Å²) >= 11 is 6.16. The fraction of sp³-hybridized carbons (Fsp3) is 0.217. The Morgan fingerprint density at radius 3 is 2.13 bits per heavy atom. The van der Waals surface area contributed by atoms with Crippen molar-refractivity contribution in [1.82, 2.24) is 10.0 Å². The molecule has 0 unspecified atom stereocenters. The molecule has 3 amide bonds. The molecule has 31 heavy (non-hydrogen) atoms. The Morgan fingerprint density at radius 1 is 0.968 bits per heavy atom. The van der Waals surface area contributed by atoms with Gasteiger partial charge in [-0.25, -0.2) is 9.40 Å². The van der Waals surface area contributed by atoms with Crippen molar-refractivity contribution in [1.29, 1.82) is 0 Å². The van der Waals surface area contributed by atoms with Crippen molar-refractivity contribution < 1.29 is 23.6 Å². The fourth-order valence-corrected chi connectivity index (χ4v) is 4.11. The molecule has 1 aliphatic carbocycles. The van der Waals surface area contributed by atoms with E-state index in [4.69, 9.17) is 11.6 Å². The number of Topliss-reactive ketones (excluding diaryl/α,β-unsaturated/α-hetero) is 1. The molecule has 2 atom stereocenters. The minimum atomic E-state index is -0.741. The van der Waals surface area contributed by atoms with Crippen LogP contribution in [0.1, 0.15) is 33.6 Å². The van der Waals surface area contributed by atoms with Crippen LogP contribution in [0.25, 0.3) is 0 Å². The average molecular weight is 441 g/mol. The average Bonchev–Trinajstić information content (AvgIpc) is 3.03. The van der Waals surface area contributed by atoms with Crippen LogP contribution in [-0.2, 0) is 9.59 Å². The van der Waals surface area contributed by atoms with E-state index in [1.807, 2.05) is 12.2 Å². The zero-order chi connectivity index (χ0) is 22.1. The molecular formula is C23H18ClFN2O4. The number of rotatable bonds is 5. The van der Waals surface area contributed by atoms with Gasteiger partial charge in [0.05, 0.1) is 22.4 Å². The molecule has 0 aromatic heterocycles. The first-order chi connectivity index (χ1) is 14.9. The van der Waals surface area contributed by atoms with Crippen LogP contribution in [0.5, 0.6) is 0 Å². The summed E-state index contributed by atoms with van der Waals surface area (Å²) < 4.78 is 13.2. The van der Waals surface area contributed by atoms with E-state index in [2.05, 4.69) is 0 Å². The number of ketones is 1. The van der Waals surface area contributed by atoms with Crippen LogP contribution in [0.15, 0.2) is 60.7 Å². The summed E-state index contributed by atoms with van der Waals surface area (Å²) in [5, 5.41) is 1.77. The van der Waals surface area contributed by atoms with Crippen molar-refractivity contribution in [3.8, 4) is 0 Å². The van der Waals surface area contributed by atoms with Crippen molar-refractivity contribution >= 4 is 35.1 Å². The highest BCUT2D eigenvalue weighted by Gasteiger charge is 2.51. The molecule has 4 rings (SSSR count). The number of hydrazine groups is 1. The second-order valence-electron chi connectivity index (χ2n) is 7.42. The first kappa shape index (κ1) is 20.9. The second kappa shape index (κ2) is 8.43. The Kier molecular flexibility index (Phi) is 5.69. The molecule has 8 heteroatoms. The van der Waals surface area contributed by atoms with E-state index in [1.165, 1.54) is 24.3 Å². The van der Waals surface area contributed by atoms with Crippen molar-refractivity contribution in [2.45, 2.75) is 12.8 Å². The molecule has 158 valence electrons. The summed E-state index contributed by atoms with van der Waals surface area (Å²) in [6.07, 6.45) is 4.46. The predicted octanol–water partition coefficient (Wildman–Crippen LogP) is 3.67. The van der Waals surface area contributed by atoms with Crippen LogP contribution < -0.4 is 0 Å². The molecule has 0 spiro atoms. The Balaban J connectivity index is 1.70. The highest BCUT2D eigenvalue weighted by molar-refractivity contribution is 6.34. The number of hydrogen-bond acceptors (Lipinski definition) is 4. The van der Waals surface area contributed by atoms with E-state index in [-0.39, 0.29) is 16.1 Å². The fourth-order valence-electron chi connectivity index (χ4n) is 3.89. The van der Waals surface area contributed by atoms with E-state index >= 15 is 0 Å². The van der Waals surface area contributed by atoms with E-state index in [9.17, 15) is 23.6 Å². The van der Waals surface area contributed by atoms with Crippen LogP contribution in [-0.4, -0.2) is 40.1 Å². The molecule has 1 aliphatic heterocycles. The number of hydrogen-bond donors (Lipinski definition) is 0. The first-order valence-corrected chi connectivity index (χ1v) is 10.1. The van der Waals surface area contributed by atoms with E-state index in [0.29, 0.717) is 12.8 Å². The molecule has 0 N–H and O–H groups in total. The van der Waals surface area contributed by atoms with Gasteiger partial charge in [-0.05, 0) is 49.2 Å². The molecule has 1 fully saturated rings. The zero-order valence-corrected chi connectivity index (χ0v) is 17.1. The number of carbonyl (C=O) groups excluding carboxylic acids is 4. The Morgan fingerprint density at radius 2 is 1.55 bits per heavy atom. The lowest BCUT2D eigenvalue weighted by Gasteiger charge is -2.30. The SMILES string of the molecule is O=C(CN(C(=O)c1ccccc1Cl)N1C(=O)[C@@H]2CC=CC[C@H]2C1=O)c1ccc(F)cc1. The monoisotopic (exact) mass is 440 g/mol. The lowest BCUT2D eigenvalue weighted by molar-refractivity contribution is -0.154. The van der Waals surface area contributed by atoms with Gasteiger partial charge >= 0.3 is 0 Å². The molecular weight excluding hydrogens is 423 g/mol. The Labute approximate surface area is 182 Å². The van der Waals surface area contributed by atoms with E-state index in [1.54, 1.807) is 12.1 Å². The van der Waals surface area contributed by atoms with Crippen LogP contribution in [0.4, 0.5) is 4.39 Å². The van der Waals surface area contributed by atoms with Crippen LogP contribution in [0, 0.1) is 17.7 Å². The number of imide groups is 1. The van der Waals surface area contributed by atoms with Gasteiger partial charge < -0.3 is 0 Å². The van der Waals surface area contributed by atoms with Crippen molar-refractivity contribution in [3.05, 3.63) is 82.6 Å². The molecule has 2 aliphatic rings. The highest BCUT2D eigenvalue weighted by atomic mass is 35.5. The minimum Gasteiger partial charge on any atom is -0.292 e. The van der Waals surface area contributed by atoms with Gasteiger partial charge in [0.1, 0.15) is 12.4 Å². The maximum Gasteiger partial charge on any atom is 0.274 e. The third kappa shape index (κ3) is 3.88. The molecule has 2 aromatic carbocycles. The smallest absolute Gasteiger partial charge is 0.274 e. The minimum absolute atomic E-state index is 0.0599. The van der Waals surface area contributed by atoms with Gasteiger partial charge in [-0.2, -0.15) is 5.01 Å². The first-order valence-electron chi connectivity index (χ1n) is 9.76. The maximum absolute atomic E-state index is 13.3. The third-order valence-electron chi connectivity index (χ3n) is 5.52. The van der Waals surface area contributed by atoms with Crippen molar-refractivity contribution in [2.75, 3.05) is 6.54 Å². The molecule has 1 heterocycles. The van der Waals surface area contributed by atoms with Crippen LogP contribution in [0.3, 0.4) is 0 Å². The maximum atomic E-state index is 13.3. The number of amides is 3. The number of fused-ring (bicyclic) bond motifs is 1. The van der Waals surface area contributed by atoms with E-state index < -0.39 is 47.7 Å². The molecule has 0 bridgehead atoms. The lowest BCUT2D eigenvalue weighted by Crippen LogP contribution is -2.52. The molecule has 0 saturated carbocycles. The van der Waals surface area contributed by atoms with Gasteiger partial charge in [-0.3, -0.25) is 19.2 Å². The number of allylic oxidation sites excluding steroid dienone is 2. The molecule has 0 radical (unpaired) electrons. The number of carbonyl (C=O) groups is 4. The number of nitrogens with zero attached hydrogens (tertiary/aromatic N) is 2.